The van der Waals surface area contributed by atoms with Crippen molar-refractivity contribution in [1.82, 2.24) is 0 Å². The van der Waals surface area contributed by atoms with Gasteiger partial charge in [-0.1, -0.05) is 126 Å². The van der Waals surface area contributed by atoms with Gasteiger partial charge in [0.05, 0.1) is 17.1 Å². The molecular weight excluding hydrogens is 897 g/mol. The summed E-state index contributed by atoms with van der Waals surface area (Å²) in [6.07, 6.45) is 1.43. The number of carboxylic acids is 1. The topological polar surface area (TPSA) is 70.8 Å². The van der Waals surface area contributed by atoms with Crippen LogP contribution in [0.5, 0.6) is 0 Å². The first-order valence-electron chi connectivity index (χ1n) is 23.0. The summed E-state index contributed by atoms with van der Waals surface area (Å²) in [5, 5.41) is 21.7. The van der Waals surface area contributed by atoms with Crippen LogP contribution in [-0.4, -0.2) is 11.1 Å². The van der Waals surface area contributed by atoms with Crippen LogP contribution < -0.4 is 14.7 Å². The number of carboxylic acid groups (broad SMARTS) is 1. The van der Waals surface area contributed by atoms with Crippen molar-refractivity contribution < 1.29 is 9.90 Å². The molecule has 6 nitrogen and oxygen atoms in total. The maximum atomic E-state index is 11.9. The third-order valence-electron chi connectivity index (χ3n) is 12.6. The number of hydrogen-bond donors (Lipinski definition) is 1. The molecule has 0 saturated heterocycles. The van der Waals surface area contributed by atoms with Crippen LogP contribution in [0.2, 0.25) is 0 Å². The first kappa shape index (κ1) is 43.9. The summed E-state index contributed by atoms with van der Waals surface area (Å²) in [4.78, 5) is 23.0. The van der Waals surface area contributed by atoms with Crippen LogP contribution in [0.4, 0.5) is 51.2 Å². The molecule has 9 aromatic carbocycles. The first-order valence-corrected chi connectivity index (χ1v) is 24.6. The van der Waals surface area contributed by atoms with E-state index in [-0.39, 0.29) is 5.57 Å². The standard InChI is InChI=1S/C62H44N4O2S2/c1-41-15-23-49(24-16-41)64(50-25-17-42(2)18-26-50)51-29-31-53(32-30-51)66-56-33-19-43(37-47(40-63)62(67)68)38-60(56)70-61-39-46(22-34-57(61)66)59-36-35-58(69-59)45-20-27-52(28-21-45)65(48-11-4-3-5-12-48)55-14-8-10-44-9-6-7-13-54(44)55/h3-39H,1-2H3,(H,67,68)/b47-37-. The average Bonchev–Trinajstić information content (AvgIpc) is 3.90. The van der Waals surface area contributed by atoms with Crippen molar-refractivity contribution >= 4 is 97.1 Å². The molecular formula is C62H44N4O2S2. The molecule has 0 saturated carbocycles. The molecule has 0 atom stereocenters. The molecule has 336 valence electrons. The minimum absolute atomic E-state index is 0.316. The molecule has 0 spiro atoms. The molecule has 1 aliphatic rings. The fourth-order valence-electron chi connectivity index (χ4n) is 9.07. The van der Waals surface area contributed by atoms with Gasteiger partial charge in [-0.15, -0.1) is 11.3 Å². The fraction of sp³-hybridized carbons (Fsp3) is 0.0323. The Morgan fingerprint density at radius 2 is 1.07 bits per heavy atom. The highest BCUT2D eigenvalue weighted by Crippen LogP contribution is 2.53. The van der Waals surface area contributed by atoms with E-state index in [2.05, 4.69) is 229 Å². The van der Waals surface area contributed by atoms with Crippen molar-refractivity contribution in [3.63, 3.8) is 0 Å². The molecule has 0 fully saturated rings. The summed E-state index contributed by atoms with van der Waals surface area (Å²) in [5.41, 5.74) is 14.4. The van der Waals surface area contributed by atoms with Gasteiger partial charge in [-0.2, -0.15) is 5.26 Å². The van der Waals surface area contributed by atoms with Gasteiger partial charge in [-0.05, 0) is 157 Å². The lowest BCUT2D eigenvalue weighted by molar-refractivity contribution is -0.132. The lowest BCUT2D eigenvalue weighted by Gasteiger charge is -2.34. The second kappa shape index (κ2) is 18.8. The van der Waals surface area contributed by atoms with Crippen molar-refractivity contribution in [3.8, 4) is 27.0 Å². The third kappa shape index (κ3) is 8.61. The van der Waals surface area contributed by atoms with Crippen molar-refractivity contribution in [2.24, 2.45) is 0 Å². The van der Waals surface area contributed by atoms with Gasteiger partial charge in [0.15, 0.2) is 0 Å². The van der Waals surface area contributed by atoms with E-state index >= 15 is 0 Å². The largest absolute Gasteiger partial charge is 0.477 e. The van der Waals surface area contributed by atoms with Crippen LogP contribution in [0, 0.1) is 25.2 Å². The summed E-state index contributed by atoms with van der Waals surface area (Å²) >= 11 is 3.41. The maximum absolute atomic E-state index is 11.9. The van der Waals surface area contributed by atoms with Crippen LogP contribution in [-0.2, 0) is 4.79 Å². The van der Waals surface area contributed by atoms with Crippen molar-refractivity contribution in [2.45, 2.75) is 23.6 Å². The molecule has 0 bridgehead atoms. The molecule has 0 radical (unpaired) electrons. The molecule has 0 unspecified atom stereocenters. The highest BCUT2D eigenvalue weighted by atomic mass is 32.2. The number of nitrogens with zero attached hydrogens (tertiary/aromatic N) is 4. The second-order valence-corrected chi connectivity index (χ2v) is 19.4. The predicted molar refractivity (Wildman–Crippen MR) is 292 cm³/mol. The van der Waals surface area contributed by atoms with Gasteiger partial charge in [0.25, 0.3) is 0 Å². The first-order chi connectivity index (χ1) is 34.3. The van der Waals surface area contributed by atoms with Gasteiger partial charge in [-0.25, -0.2) is 4.79 Å². The van der Waals surface area contributed by atoms with E-state index in [0.29, 0.717) is 5.56 Å². The zero-order valence-corrected chi connectivity index (χ0v) is 40.0. The van der Waals surface area contributed by atoms with Crippen molar-refractivity contribution in [3.05, 3.63) is 241 Å². The van der Waals surface area contributed by atoms with E-state index < -0.39 is 5.97 Å². The van der Waals surface area contributed by atoms with E-state index in [1.54, 1.807) is 23.1 Å². The van der Waals surface area contributed by atoms with E-state index in [0.717, 1.165) is 77.0 Å². The van der Waals surface area contributed by atoms with E-state index in [9.17, 15) is 15.2 Å². The quantitative estimate of drug-likeness (QED) is 0.102. The van der Waals surface area contributed by atoms with Crippen molar-refractivity contribution in [1.29, 1.82) is 5.26 Å². The van der Waals surface area contributed by atoms with Crippen LogP contribution in [0.1, 0.15) is 16.7 Å². The minimum Gasteiger partial charge on any atom is -0.477 e. The van der Waals surface area contributed by atoms with Gasteiger partial charge in [0.2, 0.25) is 0 Å². The molecule has 0 aliphatic carbocycles. The van der Waals surface area contributed by atoms with Crippen LogP contribution >= 0.6 is 23.1 Å². The minimum atomic E-state index is -1.25. The number of rotatable bonds is 11. The van der Waals surface area contributed by atoms with Crippen LogP contribution in [0.15, 0.2) is 234 Å². The predicted octanol–water partition coefficient (Wildman–Crippen LogP) is 17.7. The number of aryl methyl sites for hydroxylation is 2. The number of benzene rings is 9. The SMILES string of the molecule is Cc1ccc(N(c2ccc(C)cc2)c2ccc(N3c4ccc(/C=C(/C#N)C(=O)O)cc4Sc4cc(-c5ccc(-c6ccc(N(c7ccccc7)c7cccc8ccccc78)cc6)s5)ccc43)cc2)cc1. The number of nitriles is 1. The van der Waals surface area contributed by atoms with E-state index in [4.69, 9.17) is 0 Å². The zero-order valence-electron chi connectivity index (χ0n) is 38.3. The Bertz CT molecular complexity index is 3580. The van der Waals surface area contributed by atoms with Gasteiger partial charge in [0.1, 0.15) is 11.6 Å². The Morgan fingerprint density at radius 3 is 1.73 bits per heavy atom. The summed E-state index contributed by atoms with van der Waals surface area (Å²) < 4.78 is 0. The number of thiophene rings is 1. The van der Waals surface area contributed by atoms with Crippen molar-refractivity contribution in [2.75, 3.05) is 14.7 Å². The number of para-hydroxylation sites is 1. The number of aliphatic carboxylic acids is 1. The molecule has 10 aromatic rings. The Balaban J connectivity index is 0.937. The highest BCUT2D eigenvalue weighted by Gasteiger charge is 2.27. The molecule has 0 amide bonds. The summed E-state index contributed by atoms with van der Waals surface area (Å²) in [7, 11) is 0. The Kier molecular flexibility index (Phi) is 11.8. The summed E-state index contributed by atoms with van der Waals surface area (Å²) in [6, 6.07) is 78.9. The lowest BCUT2D eigenvalue weighted by Crippen LogP contribution is -2.15. The number of anilines is 9. The number of hydrogen-bond acceptors (Lipinski definition) is 7. The normalized spacial score (nSPS) is 12.0. The molecule has 1 aromatic heterocycles. The Hall–Kier alpha value is -8.61. The smallest absolute Gasteiger partial charge is 0.346 e. The van der Waals surface area contributed by atoms with Crippen LogP contribution in [0.3, 0.4) is 0 Å². The molecule has 8 heteroatoms. The zero-order chi connectivity index (χ0) is 47.7. The third-order valence-corrected chi connectivity index (χ3v) is 14.9. The van der Waals surface area contributed by atoms with Crippen LogP contribution in [0.25, 0.3) is 37.7 Å². The Morgan fingerprint density at radius 1 is 0.543 bits per heavy atom. The maximum Gasteiger partial charge on any atom is 0.346 e. The molecule has 2 heterocycles. The molecule has 1 aliphatic heterocycles. The van der Waals surface area contributed by atoms with E-state index in [1.807, 2.05) is 24.3 Å². The molecule has 11 rings (SSSR count). The summed E-state index contributed by atoms with van der Waals surface area (Å²) in [6.45, 7) is 4.20. The van der Waals surface area contributed by atoms with E-state index in [1.165, 1.54) is 32.9 Å². The Labute approximate surface area is 415 Å². The summed E-state index contributed by atoms with van der Waals surface area (Å²) in [5.74, 6) is -1.25. The second-order valence-electron chi connectivity index (χ2n) is 17.2. The number of fused-ring (bicyclic) bond motifs is 3. The van der Waals surface area contributed by atoms with Gasteiger partial charge in [0, 0.05) is 59.1 Å². The number of carbonyl (C=O) groups is 1. The fourth-order valence-corrected chi connectivity index (χ4v) is 11.2. The average molecular weight is 941 g/mol. The van der Waals surface area contributed by atoms with Gasteiger partial charge < -0.3 is 19.8 Å². The highest BCUT2D eigenvalue weighted by molar-refractivity contribution is 7.99. The molecule has 70 heavy (non-hydrogen) atoms. The van der Waals surface area contributed by atoms with Gasteiger partial charge >= 0.3 is 5.97 Å². The lowest BCUT2D eigenvalue weighted by atomic mass is 10.1. The van der Waals surface area contributed by atoms with Gasteiger partial charge in [-0.3, -0.25) is 0 Å². The molecule has 1 N–H and O–H groups in total. The monoisotopic (exact) mass is 940 g/mol.